The molecule has 1 aliphatic rings. The highest BCUT2D eigenvalue weighted by molar-refractivity contribution is 5.73. The van der Waals surface area contributed by atoms with E-state index in [9.17, 15) is 18.3 Å². The molecule has 2 N–H and O–H groups in total. The van der Waals surface area contributed by atoms with Crippen LogP contribution in [0.2, 0.25) is 0 Å². The Morgan fingerprint density at radius 2 is 1.77 bits per heavy atom. The smallest absolute Gasteiger partial charge is 0.490 e. The SMILES string of the molecule is CN(C)CCc1cc2c(cc1O)OCO2.O=C(O)C(F)(F)F. The first-order valence-corrected chi connectivity index (χ1v) is 6.17. The molecule has 0 saturated heterocycles. The van der Waals surface area contributed by atoms with Crippen LogP contribution in [0, 0.1) is 0 Å². The maximum absolute atomic E-state index is 10.6. The largest absolute Gasteiger partial charge is 0.508 e. The number of aromatic hydroxyl groups is 1. The Morgan fingerprint density at radius 3 is 2.23 bits per heavy atom. The minimum atomic E-state index is -5.08. The highest BCUT2D eigenvalue weighted by Crippen LogP contribution is 2.37. The predicted octanol–water partition coefficient (Wildman–Crippen LogP) is 1.86. The van der Waals surface area contributed by atoms with Crippen molar-refractivity contribution in [3.8, 4) is 17.2 Å². The number of phenolic OH excluding ortho intramolecular Hbond substituents is 1. The van der Waals surface area contributed by atoms with E-state index in [0.29, 0.717) is 5.75 Å². The Labute approximate surface area is 124 Å². The fourth-order valence-electron chi connectivity index (χ4n) is 1.52. The number of hydrogen-bond acceptors (Lipinski definition) is 5. The number of halogens is 3. The van der Waals surface area contributed by atoms with Gasteiger partial charge in [-0.1, -0.05) is 0 Å². The third kappa shape index (κ3) is 5.32. The van der Waals surface area contributed by atoms with Crippen molar-refractivity contribution in [2.75, 3.05) is 27.4 Å². The second-order valence-corrected chi connectivity index (χ2v) is 4.69. The molecule has 1 heterocycles. The van der Waals surface area contributed by atoms with Crippen molar-refractivity contribution < 1.29 is 37.7 Å². The molecule has 1 aromatic carbocycles. The number of carbonyl (C=O) groups is 1. The van der Waals surface area contributed by atoms with E-state index in [-0.39, 0.29) is 12.5 Å². The van der Waals surface area contributed by atoms with Crippen LogP contribution in [0.25, 0.3) is 0 Å². The minimum absolute atomic E-state index is 0.242. The summed E-state index contributed by atoms with van der Waals surface area (Å²) in [5, 5.41) is 16.9. The molecule has 1 aromatic rings. The minimum Gasteiger partial charge on any atom is -0.508 e. The summed E-state index contributed by atoms with van der Waals surface area (Å²) in [4.78, 5) is 11.0. The van der Waals surface area contributed by atoms with E-state index in [1.165, 1.54) is 0 Å². The van der Waals surface area contributed by atoms with E-state index in [0.717, 1.165) is 24.3 Å². The van der Waals surface area contributed by atoms with Crippen molar-refractivity contribution in [2.24, 2.45) is 0 Å². The lowest BCUT2D eigenvalue weighted by Gasteiger charge is -2.10. The molecule has 124 valence electrons. The number of rotatable bonds is 3. The monoisotopic (exact) mass is 323 g/mol. The van der Waals surface area contributed by atoms with Crippen LogP contribution in [0.5, 0.6) is 17.2 Å². The molecule has 2 rings (SSSR count). The fraction of sp³-hybridized carbons (Fsp3) is 0.462. The number of ether oxygens (including phenoxy) is 2. The Kier molecular flexibility index (Phi) is 5.86. The molecule has 0 saturated carbocycles. The first-order valence-electron chi connectivity index (χ1n) is 6.17. The highest BCUT2D eigenvalue weighted by Gasteiger charge is 2.38. The molecule has 22 heavy (non-hydrogen) atoms. The van der Waals surface area contributed by atoms with Crippen LogP contribution in [0.1, 0.15) is 5.56 Å². The molecule has 9 heteroatoms. The van der Waals surface area contributed by atoms with Gasteiger partial charge in [-0.05, 0) is 32.1 Å². The molecular formula is C13H16F3NO5. The highest BCUT2D eigenvalue weighted by atomic mass is 19.4. The standard InChI is InChI=1S/C11H15NO3.C2HF3O2/c1-12(2)4-3-8-5-10-11(6-9(8)13)15-7-14-10;3-2(4,5)1(6)7/h5-6,13H,3-4,7H2,1-2H3;(H,6,7). The van der Waals surface area contributed by atoms with Crippen molar-refractivity contribution >= 4 is 5.97 Å². The van der Waals surface area contributed by atoms with Gasteiger partial charge in [-0.3, -0.25) is 0 Å². The van der Waals surface area contributed by atoms with Crippen LogP contribution in [0.4, 0.5) is 13.2 Å². The first kappa shape index (κ1) is 17.9. The molecule has 0 atom stereocenters. The van der Waals surface area contributed by atoms with E-state index in [4.69, 9.17) is 19.4 Å². The lowest BCUT2D eigenvalue weighted by Crippen LogP contribution is -2.21. The predicted molar refractivity (Wildman–Crippen MR) is 70.2 cm³/mol. The van der Waals surface area contributed by atoms with Crippen molar-refractivity contribution in [1.29, 1.82) is 0 Å². The van der Waals surface area contributed by atoms with Crippen LogP contribution in [-0.4, -0.2) is 54.7 Å². The lowest BCUT2D eigenvalue weighted by molar-refractivity contribution is -0.192. The number of nitrogens with zero attached hydrogens (tertiary/aromatic N) is 1. The van der Waals surface area contributed by atoms with E-state index in [1.54, 1.807) is 6.07 Å². The Balaban J connectivity index is 0.000000295. The number of hydrogen-bond donors (Lipinski definition) is 2. The van der Waals surface area contributed by atoms with Crippen LogP contribution in [0.15, 0.2) is 12.1 Å². The Bertz CT molecular complexity index is 531. The number of phenols is 1. The Morgan fingerprint density at radius 1 is 1.27 bits per heavy atom. The summed E-state index contributed by atoms with van der Waals surface area (Å²) in [5.74, 6) is -1.13. The molecule has 0 fully saturated rings. The Hall–Kier alpha value is -2.16. The number of alkyl halides is 3. The van der Waals surface area contributed by atoms with Crippen LogP contribution >= 0.6 is 0 Å². The molecule has 0 aromatic heterocycles. The summed E-state index contributed by atoms with van der Waals surface area (Å²) in [6, 6.07) is 3.47. The van der Waals surface area contributed by atoms with Crippen LogP contribution < -0.4 is 9.47 Å². The molecule has 0 radical (unpaired) electrons. The molecule has 1 aliphatic heterocycles. The second-order valence-electron chi connectivity index (χ2n) is 4.69. The molecule has 0 unspecified atom stereocenters. The summed E-state index contributed by atoms with van der Waals surface area (Å²) in [6.07, 6.45) is -4.28. The van der Waals surface area contributed by atoms with Crippen LogP contribution in [0.3, 0.4) is 0 Å². The number of carboxylic acid groups (broad SMARTS) is 1. The number of benzene rings is 1. The number of likely N-dealkylation sites (N-methyl/N-ethyl adjacent to an activating group) is 1. The van der Waals surface area contributed by atoms with Gasteiger partial charge in [0, 0.05) is 12.6 Å². The van der Waals surface area contributed by atoms with Gasteiger partial charge in [-0.15, -0.1) is 0 Å². The summed E-state index contributed by atoms with van der Waals surface area (Å²) in [7, 11) is 4.01. The van der Waals surface area contributed by atoms with E-state index < -0.39 is 12.1 Å². The van der Waals surface area contributed by atoms with E-state index >= 15 is 0 Å². The van der Waals surface area contributed by atoms with Crippen molar-refractivity contribution in [1.82, 2.24) is 4.90 Å². The summed E-state index contributed by atoms with van der Waals surface area (Å²) in [6.45, 7) is 1.14. The number of fused-ring (bicyclic) bond motifs is 1. The van der Waals surface area contributed by atoms with Crippen molar-refractivity contribution in [2.45, 2.75) is 12.6 Å². The van der Waals surface area contributed by atoms with Gasteiger partial charge in [-0.2, -0.15) is 13.2 Å². The third-order valence-corrected chi connectivity index (χ3v) is 2.64. The third-order valence-electron chi connectivity index (χ3n) is 2.64. The maximum Gasteiger partial charge on any atom is 0.490 e. The summed E-state index contributed by atoms with van der Waals surface area (Å²) in [5.41, 5.74) is 0.896. The quantitative estimate of drug-likeness (QED) is 0.884. The molecular weight excluding hydrogens is 307 g/mol. The summed E-state index contributed by atoms with van der Waals surface area (Å²) < 4.78 is 42.2. The van der Waals surface area contributed by atoms with Gasteiger partial charge < -0.3 is 24.6 Å². The average molecular weight is 323 g/mol. The van der Waals surface area contributed by atoms with Crippen LogP contribution in [-0.2, 0) is 11.2 Å². The van der Waals surface area contributed by atoms with Crippen molar-refractivity contribution in [3.63, 3.8) is 0 Å². The normalized spacial score (nSPS) is 12.8. The van der Waals surface area contributed by atoms with E-state index in [2.05, 4.69) is 4.90 Å². The maximum atomic E-state index is 10.6. The van der Waals surface area contributed by atoms with Gasteiger partial charge in [0.1, 0.15) is 5.75 Å². The molecule has 6 nitrogen and oxygen atoms in total. The molecule has 0 amide bonds. The van der Waals surface area contributed by atoms with Gasteiger partial charge in [0.2, 0.25) is 6.79 Å². The second kappa shape index (κ2) is 7.21. The fourth-order valence-corrected chi connectivity index (χ4v) is 1.52. The lowest BCUT2D eigenvalue weighted by atomic mass is 10.1. The number of carboxylic acids is 1. The zero-order valence-electron chi connectivity index (χ0n) is 12.0. The summed E-state index contributed by atoms with van der Waals surface area (Å²) >= 11 is 0. The van der Waals surface area contributed by atoms with Gasteiger partial charge >= 0.3 is 12.1 Å². The van der Waals surface area contributed by atoms with E-state index in [1.807, 2.05) is 20.2 Å². The molecule has 0 aliphatic carbocycles. The zero-order valence-corrected chi connectivity index (χ0v) is 12.0. The first-order chi connectivity index (χ1) is 10.1. The molecule has 0 bridgehead atoms. The van der Waals surface area contributed by atoms with Gasteiger partial charge in [0.25, 0.3) is 0 Å². The molecule has 0 spiro atoms. The van der Waals surface area contributed by atoms with Gasteiger partial charge in [-0.25, -0.2) is 4.79 Å². The average Bonchev–Trinajstić information content (AvgIpc) is 2.82. The number of aliphatic carboxylic acids is 1. The van der Waals surface area contributed by atoms with Gasteiger partial charge in [0.15, 0.2) is 11.5 Å². The zero-order chi connectivity index (χ0) is 16.9. The van der Waals surface area contributed by atoms with Crippen molar-refractivity contribution in [3.05, 3.63) is 17.7 Å². The van der Waals surface area contributed by atoms with Gasteiger partial charge in [0.05, 0.1) is 0 Å². The topological polar surface area (TPSA) is 79.2 Å².